The van der Waals surface area contributed by atoms with Crippen molar-refractivity contribution in [2.75, 3.05) is 36.4 Å². The molecule has 148 valence electrons. The summed E-state index contributed by atoms with van der Waals surface area (Å²) in [5, 5.41) is 3.82. The van der Waals surface area contributed by atoms with Crippen LogP contribution in [0.3, 0.4) is 0 Å². The smallest absolute Gasteiger partial charge is 0.341 e. The highest BCUT2D eigenvalue weighted by Crippen LogP contribution is 2.36. The normalized spacial score (nSPS) is 20.2. The fourth-order valence-electron chi connectivity index (χ4n) is 3.45. The van der Waals surface area contributed by atoms with Gasteiger partial charge in [0.1, 0.15) is 11.1 Å². The number of hydrogen-bond acceptors (Lipinski definition) is 6. The van der Waals surface area contributed by atoms with Gasteiger partial charge in [-0.05, 0) is 38.2 Å². The van der Waals surface area contributed by atoms with Crippen LogP contribution in [0.4, 0.5) is 19.6 Å². The Bertz CT molecular complexity index is 716. The van der Waals surface area contributed by atoms with Gasteiger partial charge in [-0.1, -0.05) is 11.3 Å². The largest absolute Gasteiger partial charge is 0.457 e. The van der Waals surface area contributed by atoms with Crippen molar-refractivity contribution in [3.05, 3.63) is 11.6 Å². The molecule has 0 bridgehead atoms. The van der Waals surface area contributed by atoms with Crippen molar-refractivity contribution in [3.8, 4) is 0 Å². The summed E-state index contributed by atoms with van der Waals surface area (Å²) in [5.41, 5.74) is 10.9. The summed E-state index contributed by atoms with van der Waals surface area (Å²) >= 11 is 1.32. The van der Waals surface area contributed by atoms with Crippen LogP contribution in [0.5, 0.6) is 0 Å². The first kappa shape index (κ1) is 19.3. The van der Waals surface area contributed by atoms with Gasteiger partial charge in [0.05, 0.1) is 17.1 Å². The highest BCUT2D eigenvalue weighted by atomic mass is 32.1. The van der Waals surface area contributed by atoms with Gasteiger partial charge in [0.15, 0.2) is 0 Å². The number of hydrogen-bond donors (Lipinski definition) is 3. The minimum Gasteiger partial charge on any atom is -0.457 e. The van der Waals surface area contributed by atoms with E-state index in [0.717, 1.165) is 37.4 Å². The summed E-state index contributed by atoms with van der Waals surface area (Å²) in [6.45, 7) is 2.68. The lowest BCUT2D eigenvalue weighted by Crippen LogP contribution is -2.46. The van der Waals surface area contributed by atoms with E-state index in [1.807, 2.05) is 0 Å². The van der Waals surface area contributed by atoms with Gasteiger partial charge in [0.2, 0.25) is 0 Å². The standard InChI is InChI=1S/C17H25N5O4S/c18-16(24)20-14-12(9-13(27-14)21-6-2-1-3-7-21)15(23)26-11-5-4-8-22(10-11)17(19)25/h9,11H,1-8,10H2,(H2,19,25)(H3,18,20,24). The number of rotatable bonds is 4. The molecule has 1 unspecified atom stereocenters. The molecule has 0 aliphatic carbocycles. The van der Waals surface area contributed by atoms with Crippen molar-refractivity contribution in [2.24, 2.45) is 11.5 Å². The van der Waals surface area contributed by atoms with E-state index in [1.165, 1.54) is 22.7 Å². The van der Waals surface area contributed by atoms with Gasteiger partial charge in [-0.15, -0.1) is 0 Å². The van der Waals surface area contributed by atoms with Crippen molar-refractivity contribution < 1.29 is 19.1 Å². The molecule has 0 saturated carbocycles. The Morgan fingerprint density at radius 2 is 1.85 bits per heavy atom. The molecule has 10 heteroatoms. The minimum absolute atomic E-state index is 0.281. The minimum atomic E-state index is -0.728. The highest BCUT2D eigenvalue weighted by Gasteiger charge is 2.28. The molecule has 3 rings (SSSR count). The van der Waals surface area contributed by atoms with E-state index >= 15 is 0 Å². The van der Waals surface area contributed by atoms with Crippen LogP contribution in [-0.4, -0.2) is 55.2 Å². The van der Waals surface area contributed by atoms with Crippen LogP contribution in [0.25, 0.3) is 0 Å². The van der Waals surface area contributed by atoms with Crippen molar-refractivity contribution in [1.82, 2.24) is 4.90 Å². The lowest BCUT2D eigenvalue weighted by molar-refractivity contribution is 0.0129. The number of amides is 4. The number of primary amides is 2. The molecule has 0 radical (unpaired) electrons. The number of nitrogens with zero attached hydrogens (tertiary/aromatic N) is 2. The zero-order chi connectivity index (χ0) is 19.4. The van der Waals surface area contributed by atoms with Crippen molar-refractivity contribution in [2.45, 2.75) is 38.2 Å². The van der Waals surface area contributed by atoms with Crippen LogP contribution in [0.15, 0.2) is 6.07 Å². The Morgan fingerprint density at radius 3 is 2.52 bits per heavy atom. The third kappa shape index (κ3) is 4.82. The number of thiophene rings is 1. The van der Waals surface area contributed by atoms with Gasteiger partial charge in [0.25, 0.3) is 0 Å². The summed E-state index contributed by atoms with van der Waals surface area (Å²) in [6, 6.07) is 0.501. The van der Waals surface area contributed by atoms with E-state index in [9.17, 15) is 14.4 Å². The number of piperidine rings is 2. The maximum Gasteiger partial charge on any atom is 0.341 e. The summed E-state index contributed by atoms with van der Waals surface area (Å²) in [6.07, 6.45) is 4.36. The molecule has 1 aromatic heterocycles. The summed E-state index contributed by atoms with van der Waals surface area (Å²) in [5.74, 6) is -0.533. The lowest BCUT2D eigenvalue weighted by Gasteiger charge is -2.31. The molecule has 0 aromatic carbocycles. The predicted molar refractivity (Wildman–Crippen MR) is 103 cm³/mol. The molecule has 5 N–H and O–H groups in total. The Hall–Kier alpha value is -2.49. The van der Waals surface area contributed by atoms with Crippen molar-refractivity contribution >= 4 is 39.4 Å². The molecule has 3 heterocycles. The van der Waals surface area contributed by atoms with E-state index in [4.69, 9.17) is 16.2 Å². The molecular weight excluding hydrogens is 370 g/mol. The van der Waals surface area contributed by atoms with E-state index in [-0.39, 0.29) is 12.1 Å². The number of ether oxygens (including phenoxy) is 1. The quantitative estimate of drug-likeness (QED) is 0.670. The first-order chi connectivity index (χ1) is 12.9. The topological polar surface area (TPSA) is 131 Å². The molecule has 2 fully saturated rings. The Kier molecular flexibility index (Phi) is 6.04. The Morgan fingerprint density at radius 1 is 1.11 bits per heavy atom. The van der Waals surface area contributed by atoms with Crippen LogP contribution in [-0.2, 0) is 4.74 Å². The third-order valence-corrected chi connectivity index (χ3v) is 5.92. The molecule has 0 spiro atoms. The van der Waals surface area contributed by atoms with Gasteiger partial charge >= 0.3 is 18.0 Å². The second kappa shape index (κ2) is 8.47. The molecule has 2 aliphatic rings. The third-order valence-electron chi connectivity index (χ3n) is 4.81. The number of esters is 1. The van der Waals surface area contributed by atoms with Gasteiger partial charge in [-0.25, -0.2) is 14.4 Å². The molecule has 1 atom stereocenters. The average Bonchev–Trinajstić information content (AvgIpc) is 3.06. The number of likely N-dealkylation sites (tertiary alicyclic amines) is 1. The van der Waals surface area contributed by atoms with Crippen LogP contribution in [0, 0.1) is 0 Å². The number of carbonyl (C=O) groups excluding carboxylic acids is 3. The first-order valence-corrected chi connectivity index (χ1v) is 9.96. The van der Waals surface area contributed by atoms with Crippen LogP contribution < -0.4 is 21.7 Å². The fourth-order valence-corrected chi connectivity index (χ4v) is 4.56. The maximum absolute atomic E-state index is 12.7. The van der Waals surface area contributed by atoms with Crippen LogP contribution >= 0.6 is 11.3 Å². The highest BCUT2D eigenvalue weighted by molar-refractivity contribution is 7.20. The Balaban J connectivity index is 1.74. The number of urea groups is 2. The number of nitrogens with two attached hydrogens (primary N) is 2. The second-order valence-electron chi connectivity index (χ2n) is 6.82. The number of carbonyl (C=O) groups is 3. The lowest BCUT2D eigenvalue weighted by atomic mass is 10.1. The Labute approximate surface area is 161 Å². The van der Waals surface area contributed by atoms with Gasteiger partial charge in [0, 0.05) is 19.6 Å². The van der Waals surface area contributed by atoms with Crippen LogP contribution in [0.1, 0.15) is 42.5 Å². The fraction of sp³-hybridized carbons (Fsp3) is 0.588. The maximum atomic E-state index is 12.7. The van der Waals surface area contributed by atoms with E-state index in [2.05, 4.69) is 10.2 Å². The molecule has 2 aliphatic heterocycles. The SMILES string of the molecule is NC(=O)Nc1sc(N2CCCCC2)cc1C(=O)OC1CCCN(C(N)=O)C1. The molecule has 1 aromatic rings. The van der Waals surface area contributed by atoms with Crippen LogP contribution in [0.2, 0.25) is 0 Å². The zero-order valence-electron chi connectivity index (χ0n) is 15.1. The predicted octanol–water partition coefficient (Wildman–Crippen LogP) is 1.93. The number of nitrogens with one attached hydrogen (secondary N) is 1. The summed E-state index contributed by atoms with van der Waals surface area (Å²) < 4.78 is 5.59. The van der Waals surface area contributed by atoms with Crippen molar-refractivity contribution in [3.63, 3.8) is 0 Å². The van der Waals surface area contributed by atoms with Gasteiger partial charge in [-0.3, -0.25) is 5.32 Å². The first-order valence-electron chi connectivity index (χ1n) is 9.14. The summed E-state index contributed by atoms with van der Waals surface area (Å²) in [7, 11) is 0. The van der Waals surface area contributed by atoms with E-state index in [1.54, 1.807) is 6.07 Å². The van der Waals surface area contributed by atoms with E-state index < -0.39 is 24.1 Å². The molecule has 27 heavy (non-hydrogen) atoms. The average molecular weight is 395 g/mol. The zero-order valence-corrected chi connectivity index (χ0v) is 15.9. The summed E-state index contributed by atoms with van der Waals surface area (Å²) in [4.78, 5) is 39.1. The van der Waals surface area contributed by atoms with E-state index in [0.29, 0.717) is 18.0 Å². The van der Waals surface area contributed by atoms with Gasteiger partial charge < -0.3 is 26.0 Å². The number of anilines is 2. The monoisotopic (exact) mass is 395 g/mol. The van der Waals surface area contributed by atoms with Gasteiger partial charge in [-0.2, -0.15) is 0 Å². The molecule has 2 saturated heterocycles. The molecular formula is C17H25N5O4S. The second-order valence-corrected chi connectivity index (χ2v) is 7.85. The molecule has 9 nitrogen and oxygen atoms in total. The molecule has 4 amide bonds. The van der Waals surface area contributed by atoms with Crippen molar-refractivity contribution in [1.29, 1.82) is 0 Å².